The fourth-order valence-electron chi connectivity index (χ4n) is 2.64. The fraction of sp³-hybridized carbons (Fsp3) is 0.250. The zero-order valence-corrected chi connectivity index (χ0v) is 11.7. The van der Waals surface area contributed by atoms with E-state index in [0.29, 0.717) is 5.88 Å². The molecule has 1 aliphatic rings. The van der Waals surface area contributed by atoms with Crippen molar-refractivity contribution < 1.29 is 9.53 Å². The minimum absolute atomic E-state index is 0.0103. The van der Waals surface area contributed by atoms with Gasteiger partial charge in [-0.15, -0.1) is 0 Å². The highest BCUT2D eigenvalue weighted by Crippen LogP contribution is 2.42. The maximum absolute atomic E-state index is 12.3. The number of hydrogen-bond acceptors (Lipinski definition) is 3. The van der Waals surface area contributed by atoms with Gasteiger partial charge in [0.25, 0.3) is 0 Å². The Balaban J connectivity index is 2.37. The zero-order chi connectivity index (χ0) is 14.3. The second-order valence-corrected chi connectivity index (χ2v) is 4.99. The monoisotopic (exact) mass is 268 g/mol. The molecule has 4 nitrogen and oxygen atoms in total. The molecule has 0 saturated heterocycles. The van der Waals surface area contributed by atoms with Gasteiger partial charge in [-0.3, -0.25) is 4.79 Å². The fourth-order valence-corrected chi connectivity index (χ4v) is 2.64. The first-order chi connectivity index (χ1) is 9.61. The van der Waals surface area contributed by atoms with E-state index in [2.05, 4.69) is 10.3 Å². The Bertz CT molecular complexity index is 695. The minimum Gasteiger partial charge on any atom is -0.480 e. The molecule has 1 unspecified atom stereocenters. The SMILES string of the molecule is COc1nc(C)cc2c1-c1ccccc1C(C)C(=O)N2. The van der Waals surface area contributed by atoms with Crippen LogP contribution in [0.1, 0.15) is 24.1 Å². The van der Waals surface area contributed by atoms with E-state index in [1.54, 1.807) is 7.11 Å². The van der Waals surface area contributed by atoms with E-state index in [-0.39, 0.29) is 11.8 Å². The van der Waals surface area contributed by atoms with Crippen LogP contribution in [0.15, 0.2) is 30.3 Å². The molecule has 1 aromatic heterocycles. The summed E-state index contributed by atoms with van der Waals surface area (Å²) in [5.74, 6) is 0.328. The van der Waals surface area contributed by atoms with Gasteiger partial charge < -0.3 is 10.1 Å². The zero-order valence-electron chi connectivity index (χ0n) is 11.7. The van der Waals surface area contributed by atoms with Gasteiger partial charge in [-0.1, -0.05) is 24.3 Å². The van der Waals surface area contributed by atoms with Crippen LogP contribution in [0.3, 0.4) is 0 Å². The minimum atomic E-state index is -0.205. The first-order valence-corrected chi connectivity index (χ1v) is 6.57. The Kier molecular flexibility index (Phi) is 2.93. The topological polar surface area (TPSA) is 51.2 Å². The van der Waals surface area contributed by atoms with E-state index in [0.717, 1.165) is 28.1 Å². The summed E-state index contributed by atoms with van der Waals surface area (Å²) in [6.07, 6.45) is 0. The van der Waals surface area contributed by atoms with Gasteiger partial charge in [0.1, 0.15) is 0 Å². The number of methoxy groups -OCH3 is 1. The number of amides is 1. The highest BCUT2D eigenvalue weighted by atomic mass is 16.5. The predicted molar refractivity (Wildman–Crippen MR) is 78.0 cm³/mol. The van der Waals surface area contributed by atoms with Crippen molar-refractivity contribution in [1.82, 2.24) is 4.98 Å². The lowest BCUT2D eigenvalue weighted by Crippen LogP contribution is -2.17. The van der Waals surface area contributed by atoms with Crippen molar-refractivity contribution in [3.63, 3.8) is 0 Å². The highest BCUT2D eigenvalue weighted by Gasteiger charge is 2.27. The predicted octanol–water partition coefficient (Wildman–Crippen LogP) is 3.12. The maximum Gasteiger partial charge on any atom is 0.231 e. The Labute approximate surface area is 117 Å². The number of pyridine rings is 1. The van der Waals surface area contributed by atoms with Gasteiger partial charge >= 0.3 is 0 Å². The Morgan fingerprint density at radius 2 is 2.05 bits per heavy atom. The molecule has 2 aromatic rings. The number of anilines is 1. The van der Waals surface area contributed by atoms with Crippen LogP contribution in [0, 0.1) is 6.92 Å². The molecule has 1 atom stereocenters. The van der Waals surface area contributed by atoms with Gasteiger partial charge in [0, 0.05) is 5.69 Å². The van der Waals surface area contributed by atoms with Crippen molar-refractivity contribution in [2.75, 3.05) is 12.4 Å². The van der Waals surface area contributed by atoms with Gasteiger partial charge in [-0.2, -0.15) is 0 Å². The number of benzene rings is 1. The van der Waals surface area contributed by atoms with Crippen molar-refractivity contribution in [1.29, 1.82) is 0 Å². The molecular weight excluding hydrogens is 252 g/mol. The highest BCUT2D eigenvalue weighted by molar-refractivity contribution is 6.04. The number of aryl methyl sites for hydroxylation is 1. The Morgan fingerprint density at radius 1 is 1.30 bits per heavy atom. The van der Waals surface area contributed by atoms with Crippen molar-refractivity contribution in [3.8, 4) is 17.0 Å². The van der Waals surface area contributed by atoms with E-state index >= 15 is 0 Å². The third-order valence-corrected chi connectivity index (χ3v) is 3.66. The van der Waals surface area contributed by atoms with Gasteiger partial charge in [0.2, 0.25) is 11.8 Å². The number of hydrogen-bond donors (Lipinski definition) is 1. The van der Waals surface area contributed by atoms with Crippen LogP contribution in [0.2, 0.25) is 0 Å². The van der Waals surface area contributed by atoms with Crippen molar-refractivity contribution in [2.24, 2.45) is 0 Å². The number of carbonyl (C=O) groups is 1. The summed E-state index contributed by atoms with van der Waals surface area (Å²) in [6.45, 7) is 3.79. The summed E-state index contributed by atoms with van der Waals surface area (Å²) >= 11 is 0. The molecule has 0 bridgehead atoms. The molecule has 0 saturated carbocycles. The standard InChI is InChI=1S/C16H16N2O2/c1-9-8-13-14(16(17-9)20-3)12-7-5-4-6-11(12)10(2)15(19)18-13/h4-8,10H,1-3H3,(H,18,19). The van der Waals surface area contributed by atoms with E-state index in [4.69, 9.17) is 4.74 Å². The number of nitrogens with one attached hydrogen (secondary N) is 1. The Morgan fingerprint density at radius 3 is 2.80 bits per heavy atom. The van der Waals surface area contributed by atoms with Crippen LogP contribution in [0.5, 0.6) is 5.88 Å². The molecule has 1 aliphatic heterocycles. The molecule has 1 amide bonds. The van der Waals surface area contributed by atoms with E-state index in [1.165, 1.54) is 0 Å². The summed E-state index contributed by atoms with van der Waals surface area (Å²) in [5.41, 5.74) is 4.42. The molecule has 20 heavy (non-hydrogen) atoms. The van der Waals surface area contributed by atoms with Gasteiger partial charge in [-0.05, 0) is 31.0 Å². The van der Waals surface area contributed by atoms with Gasteiger partial charge in [0.15, 0.2) is 0 Å². The van der Waals surface area contributed by atoms with E-state index in [1.807, 2.05) is 44.2 Å². The lowest BCUT2D eigenvalue weighted by Gasteiger charge is -2.13. The van der Waals surface area contributed by atoms with E-state index in [9.17, 15) is 4.79 Å². The number of aromatic nitrogens is 1. The summed E-state index contributed by atoms with van der Waals surface area (Å²) in [7, 11) is 1.60. The average molecular weight is 268 g/mol. The molecule has 0 aliphatic carbocycles. The summed E-state index contributed by atoms with van der Waals surface area (Å²) in [5, 5.41) is 2.98. The van der Waals surface area contributed by atoms with Crippen LogP contribution in [-0.4, -0.2) is 18.0 Å². The molecule has 0 radical (unpaired) electrons. The molecular formula is C16H16N2O2. The van der Waals surface area contributed by atoms with Crippen LogP contribution in [0.4, 0.5) is 5.69 Å². The van der Waals surface area contributed by atoms with E-state index < -0.39 is 0 Å². The quantitative estimate of drug-likeness (QED) is 0.864. The lowest BCUT2D eigenvalue weighted by molar-refractivity contribution is -0.117. The summed E-state index contributed by atoms with van der Waals surface area (Å²) < 4.78 is 5.41. The van der Waals surface area contributed by atoms with Crippen LogP contribution in [-0.2, 0) is 4.79 Å². The van der Waals surface area contributed by atoms with Crippen LogP contribution < -0.4 is 10.1 Å². The number of carbonyl (C=O) groups excluding carboxylic acids is 1. The maximum atomic E-state index is 12.3. The number of nitrogens with zero attached hydrogens (tertiary/aromatic N) is 1. The number of fused-ring (bicyclic) bond motifs is 3. The van der Waals surface area contributed by atoms with Crippen LogP contribution in [0.25, 0.3) is 11.1 Å². The number of rotatable bonds is 1. The number of ether oxygens (including phenoxy) is 1. The first kappa shape index (κ1) is 12.7. The smallest absolute Gasteiger partial charge is 0.231 e. The third kappa shape index (κ3) is 1.84. The second-order valence-electron chi connectivity index (χ2n) is 4.99. The summed E-state index contributed by atoms with van der Waals surface area (Å²) in [6, 6.07) is 9.77. The normalized spacial score (nSPS) is 16.8. The van der Waals surface area contributed by atoms with Gasteiger partial charge in [-0.25, -0.2) is 4.98 Å². The molecule has 1 N–H and O–H groups in total. The molecule has 102 valence electrons. The molecule has 0 fully saturated rings. The van der Waals surface area contributed by atoms with Crippen molar-refractivity contribution in [2.45, 2.75) is 19.8 Å². The molecule has 0 spiro atoms. The molecule has 2 heterocycles. The van der Waals surface area contributed by atoms with Crippen molar-refractivity contribution in [3.05, 3.63) is 41.6 Å². The molecule has 3 rings (SSSR count). The third-order valence-electron chi connectivity index (χ3n) is 3.66. The van der Waals surface area contributed by atoms with Crippen LogP contribution >= 0.6 is 0 Å². The summed E-state index contributed by atoms with van der Waals surface area (Å²) in [4.78, 5) is 16.7. The average Bonchev–Trinajstić information content (AvgIpc) is 2.55. The molecule has 4 heteroatoms. The van der Waals surface area contributed by atoms with Crippen molar-refractivity contribution >= 4 is 11.6 Å². The van der Waals surface area contributed by atoms with Gasteiger partial charge in [0.05, 0.1) is 24.3 Å². The Hall–Kier alpha value is -2.36. The molecule has 1 aromatic carbocycles. The lowest BCUT2D eigenvalue weighted by atomic mass is 9.92. The largest absolute Gasteiger partial charge is 0.480 e. The second kappa shape index (κ2) is 4.63. The first-order valence-electron chi connectivity index (χ1n) is 6.57.